The molecule has 0 radical (unpaired) electrons. The van der Waals surface area contributed by atoms with Crippen LogP contribution in [-0.2, 0) is 11.3 Å². The molecule has 154 valence electrons. The van der Waals surface area contributed by atoms with Gasteiger partial charge in [-0.05, 0) is 25.0 Å². The van der Waals surface area contributed by atoms with Crippen molar-refractivity contribution in [3.63, 3.8) is 0 Å². The van der Waals surface area contributed by atoms with Gasteiger partial charge in [-0.3, -0.25) is 19.1 Å². The van der Waals surface area contributed by atoms with Crippen LogP contribution in [0.4, 0.5) is 11.5 Å². The second kappa shape index (κ2) is 10.1. The first-order valence-electron chi connectivity index (χ1n) is 9.49. The van der Waals surface area contributed by atoms with Gasteiger partial charge < -0.3 is 15.4 Å². The maximum absolute atomic E-state index is 12.9. The Morgan fingerprint density at radius 2 is 2.00 bits per heavy atom. The lowest BCUT2D eigenvalue weighted by Crippen LogP contribution is -2.43. The number of amides is 1. The first-order valence-corrected chi connectivity index (χ1v) is 9.49. The number of nitrogen functional groups attached to an aromatic ring is 1. The molecule has 3 N–H and O–H groups in total. The number of aromatic nitrogens is 2. The molecule has 9 heteroatoms. The van der Waals surface area contributed by atoms with Crippen LogP contribution in [0.1, 0.15) is 38.7 Å². The van der Waals surface area contributed by atoms with E-state index < -0.39 is 17.2 Å². The Labute approximate surface area is 168 Å². The molecule has 1 aromatic carbocycles. The maximum Gasteiger partial charge on any atom is 0.330 e. The monoisotopic (exact) mass is 399 g/mol. The van der Waals surface area contributed by atoms with Gasteiger partial charge in [-0.1, -0.05) is 32.4 Å². The molecule has 0 saturated carbocycles. The van der Waals surface area contributed by atoms with Gasteiger partial charge in [0.25, 0.3) is 11.5 Å². The van der Waals surface area contributed by atoms with Crippen molar-refractivity contribution in [2.75, 3.05) is 23.8 Å². The van der Waals surface area contributed by atoms with Gasteiger partial charge in [-0.25, -0.2) is 4.79 Å². The van der Waals surface area contributed by atoms with E-state index in [1.54, 1.807) is 24.3 Å². The van der Waals surface area contributed by atoms with Gasteiger partial charge in [-0.15, -0.1) is 0 Å². The van der Waals surface area contributed by atoms with Crippen molar-refractivity contribution in [2.24, 2.45) is 0 Å². The Balaban J connectivity index is 2.38. The zero-order valence-electron chi connectivity index (χ0n) is 16.6. The number of ether oxygens (including phenoxy) is 1. The number of aromatic amines is 1. The molecule has 0 unspecified atom stereocenters. The number of H-pyrrole nitrogens is 1. The Hall–Kier alpha value is -3.54. The van der Waals surface area contributed by atoms with E-state index in [-0.39, 0.29) is 30.4 Å². The van der Waals surface area contributed by atoms with Crippen LogP contribution in [-0.4, -0.2) is 28.6 Å². The molecule has 1 heterocycles. The quantitative estimate of drug-likeness (QED) is 0.658. The first kappa shape index (κ1) is 21.8. The number of nitrogens with two attached hydrogens (primary N) is 1. The molecule has 2 aromatic rings. The van der Waals surface area contributed by atoms with E-state index >= 15 is 0 Å². The van der Waals surface area contributed by atoms with Gasteiger partial charge in [0.1, 0.15) is 17.6 Å². The van der Waals surface area contributed by atoms with Gasteiger partial charge in [0.05, 0.1) is 5.56 Å². The topological polar surface area (TPSA) is 134 Å². The van der Waals surface area contributed by atoms with E-state index in [4.69, 9.17) is 15.7 Å². The predicted molar refractivity (Wildman–Crippen MR) is 110 cm³/mol. The number of hydrogen-bond donors (Lipinski definition) is 2. The summed E-state index contributed by atoms with van der Waals surface area (Å²) in [5.41, 5.74) is 5.01. The molecule has 0 aliphatic heterocycles. The van der Waals surface area contributed by atoms with Crippen molar-refractivity contribution in [1.29, 1.82) is 5.26 Å². The van der Waals surface area contributed by atoms with Crippen LogP contribution in [0.25, 0.3) is 0 Å². The summed E-state index contributed by atoms with van der Waals surface area (Å²) in [4.78, 5) is 40.9. The second-order valence-electron chi connectivity index (χ2n) is 6.44. The fourth-order valence-corrected chi connectivity index (χ4v) is 2.86. The lowest BCUT2D eigenvalue weighted by Gasteiger charge is -2.24. The molecule has 0 saturated heterocycles. The Morgan fingerprint density at radius 3 is 2.66 bits per heavy atom. The molecule has 9 nitrogen and oxygen atoms in total. The average molecular weight is 399 g/mol. The van der Waals surface area contributed by atoms with Crippen molar-refractivity contribution in [2.45, 2.75) is 39.7 Å². The summed E-state index contributed by atoms with van der Waals surface area (Å²) in [6.45, 7) is 4.01. The second-order valence-corrected chi connectivity index (χ2v) is 6.44. The summed E-state index contributed by atoms with van der Waals surface area (Å²) in [7, 11) is 0. The van der Waals surface area contributed by atoms with Crippen molar-refractivity contribution in [3.05, 3.63) is 50.7 Å². The summed E-state index contributed by atoms with van der Waals surface area (Å²) in [5, 5.41) is 9.15. The number of unbranched alkanes of at least 4 members (excludes halogenated alkanes) is 1. The van der Waals surface area contributed by atoms with E-state index in [9.17, 15) is 14.4 Å². The van der Waals surface area contributed by atoms with Crippen molar-refractivity contribution in [1.82, 2.24) is 9.55 Å². The summed E-state index contributed by atoms with van der Waals surface area (Å²) in [5.74, 6) is -0.274. The highest BCUT2D eigenvalue weighted by molar-refractivity contribution is 5.96. The van der Waals surface area contributed by atoms with Gasteiger partial charge >= 0.3 is 5.69 Å². The highest BCUT2D eigenvalue weighted by Crippen LogP contribution is 2.20. The minimum Gasteiger partial charge on any atom is -0.482 e. The molecule has 2 rings (SSSR count). The molecule has 0 fully saturated rings. The van der Waals surface area contributed by atoms with Crippen LogP contribution in [0.15, 0.2) is 33.9 Å². The third kappa shape index (κ3) is 5.04. The van der Waals surface area contributed by atoms with Crippen molar-refractivity contribution < 1.29 is 9.53 Å². The number of hydrogen-bond acceptors (Lipinski definition) is 6. The Kier molecular flexibility index (Phi) is 7.60. The van der Waals surface area contributed by atoms with Crippen LogP contribution in [0.2, 0.25) is 0 Å². The lowest BCUT2D eigenvalue weighted by atomic mass is 10.2. The highest BCUT2D eigenvalue weighted by Gasteiger charge is 2.24. The number of rotatable bonds is 9. The molecule has 1 aromatic heterocycles. The fraction of sp³-hybridized carbons (Fsp3) is 0.400. The number of anilines is 2. The van der Waals surface area contributed by atoms with Crippen LogP contribution in [0.3, 0.4) is 0 Å². The van der Waals surface area contributed by atoms with Crippen LogP contribution >= 0.6 is 0 Å². The number of carbonyl (C=O) groups excluding carboxylic acids is 1. The van der Waals surface area contributed by atoms with E-state index in [2.05, 4.69) is 4.98 Å². The normalized spacial score (nSPS) is 10.4. The van der Waals surface area contributed by atoms with Crippen LogP contribution < -0.4 is 26.6 Å². The first-order chi connectivity index (χ1) is 13.9. The number of nitriles is 1. The molecule has 0 aliphatic rings. The SMILES string of the molecule is CCCCN(C(=O)COc1ccccc1C#N)c1c(N)n(CCC)c(=O)[nH]c1=O. The molecule has 1 amide bonds. The minimum atomic E-state index is -0.721. The molecule has 29 heavy (non-hydrogen) atoms. The highest BCUT2D eigenvalue weighted by atomic mass is 16.5. The van der Waals surface area contributed by atoms with Crippen LogP contribution in [0, 0.1) is 11.3 Å². The van der Waals surface area contributed by atoms with Crippen molar-refractivity contribution >= 4 is 17.4 Å². The van der Waals surface area contributed by atoms with E-state index in [0.29, 0.717) is 24.9 Å². The summed E-state index contributed by atoms with van der Waals surface area (Å²) in [6.07, 6.45) is 2.05. The van der Waals surface area contributed by atoms with Gasteiger partial charge in [0.2, 0.25) is 0 Å². The molecule has 0 aliphatic carbocycles. The van der Waals surface area contributed by atoms with E-state index in [1.165, 1.54) is 9.47 Å². The number of carbonyl (C=O) groups is 1. The third-order valence-electron chi connectivity index (χ3n) is 4.33. The lowest BCUT2D eigenvalue weighted by molar-refractivity contribution is -0.120. The molecular formula is C20H25N5O4. The summed E-state index contributed by atoms with van der Waals surface area (Å²) in [6, 6.07) is 8.55. The Morgan fingerprint density at radius 1 is 1.28 bits per heavy atom. The largest absolute Gasteiger partial charge is 0.482 e. The van der Waals surface area contributed by atoms with Crippen molar-refractivity contribution in [3.8, 4) is 11.8 Å². The number of nitrogens with zero attached hydrogens (tertiary/aromatic N) is 3. The van der Waals surface area contributed by atoms with Gasteiger partial charge in [-0.2, -0.15) is 5.26 Å². The van der Waals surface area contributed by atoms with Gasteiger partial charge in [0.15, 0.2) is 12.3 Å². The zero-order chi connectivity index (χ0) is 21.4. The summed E-state index contributed by atoms with van der Waals surface area (Å²) < 4.78 is 6.76. The minimum absolute atomic E-state index is 0.0533. The van der Waals surface area contributed by atoms with E-state index in [1.807, 2.05) is 19.9 Å². The van der Waals surface area contributed by atoms with Gasteiger partial charge in [0, 0.05) is 13.1 Å². The zero-order valence-corrected chi connectivity index (χ0v) is 16.6. The molecule has 0 spiro atoms. The van der Waals surface area contributed by atoms with Crippen LogP contribution in [0.5, 0.6) is 5.75 Å². The fourth-order valence-electron chi connectivity index (χ4n) is 2.86. The molecular weight excluding hydrogens is 374 g/mol. The summed E-state index contributed by atoms with van der Waals surface area (Å²) >= 11 is 0. The standard InChI is InChI=1S/C20H25N5O4/c1-3-5-11-24(16(26)13-29-15-9-7-6-8-14(15)12-21)17-18(22)25(10-4-2)20(28)23-19(17)27/h6-9H,3-5,10-11,13,22H2,1-2H3,(H,23,27,28). The number of benzene rings is 1. The average Bonchev–Trinajstić information content (AvgIpc) is 2.71. The molecule has 0 bridgehead atoms. The molecule has 0 atom stereocenters. The Bertz CT molecular complexity index is 1020. The van der Waals surface area contributed by atoms with E-state index in [0.717, 1.165) is 6.42 Å². The predicted octanol–water partition coefficient (Wildman–Crippen LogP) is 1.61. The number of nitrogens with one attached hydrogen (secondary N) is 1. The smallest absolute Gasteiger partial charge is 0.330 e. The third-order valence-corrected chi connectivity index (χ3v) is 4.33. The maximum atomic E-state index is 12.9. The number of para-hydroxylation sites is 1.